The molecule has 11 heteroatoms. The molecule has 1 rings (SSSR count). The second-order valence-electron chi connectivity index (χ2n) is 20.7. The van der Waals surface area contributed by atoms with E-state index in [-0.39, 0.29) is 19.4 Å². The van der Waals surface area contributed by atoms with E-state index in [2.05, 4.69) is 62.5 Å². The molecule has 0 saturated carbocycles. The molecule has 0 aliphatic carbocycles. The van der Waals surface area contributed by atoms with Gasteiger partial charge in [-0.3, -0.25) is 9.59 Å². The number of carbonyl (C=O) groups is 2. The summed E-state index contributed by atoms with van der Waals surface area (Å²) in [5.41, 5.74) is 0. The first-order chi connectivity index (χ1) is 35.7. The van der Waals surface area contributed by atoms with Crippen LogP contribution in [-0.2, 0) is 23.8 Å². The predicted octanol–water partition coefficient (Wildman–Crippen LogP) is 13.8. The molecule has 0 aromatic carbocycles. The second-order valence-corrected chi connectivity index (χ2v) is 20.7. The van der Waals surface area contributed by atoms with Gasteiger partial charge in [0, 0.05) is 6.42 Å². The number of allylic oxidation sites excluding steroid dienone is 9. The van der Waals surface area contributed by atoms with Crippen LogP contribution in [0.4, 0.5) is 0 Å². The van der Waals surface area contributed by atoms with Gasteiger partial charge >= 0.3 is 5.97 Å². The van der Waals surface area contributed by atoms with Crippen LogP contribution in [-0.4, -0.2) is 99.6 Å². The molecule has 0 spiro atoms. The fourth-order valence-electron chi connectivity index (χ4n) is 9.09. The van der Waals surface area contributed by atoms with Crippen molar-refractivity contribution in [2.75, 3.05) is 13.2 Å². The van der Waals surface area contributed by atoms with Crippen molar-refractivity contribution in [3.8, 4) is 0 Å². The smallest absolute Gasteiger partial charge is 0.306 e. The molecule has 11 nitrogen and oxygen atoms in total. The first-order valence-corrected chi connectivity index (χ1v) is 30.1. The highest BCUT2D eigenvalue weighted by Crippen LogP contribution is 2.26. The number of nitrogens with one attached hydrogen (secondary N) is 1. The van der Waals surface area contributed by atoms with E-state index in [9.17, 15) is 35.1 Å². The Balaban J connectivity index is 2.74. The average Bonchev–Trinajstić information content (AvgIpc) is 3.39. The third-order valence-electron chi connectivity index (χ3n) is 13.9. The first-order valence-electron chi connectivity index (χ1n) is 30.1. The zero-order chi connectivity index (χ0) is 53.3. The third kappa shape index (κ3) is 38.5. The van der Waals surface area contributed by atoms with Gasteiger partial charge in [-0.15, -0.1) is 0 Å². The number of aliphatic hydroxyl groups excluding tert-OH is 5. The van der Waals surface area contributed by atoms with Crippen LogP contribution in [0.3, 0.4) is 0 Å². The Kier molecular flexibility index (Phi) is 47.0. The van der Waals surface area contributed by atoms with Crippen molar-refractivity contribution in [2.45, 2.75) is 307 Å². The molecule has 1 saturated heterocycles. The summed E-state index contributed by atoms with van der Waals surface area (Å²) >= 11 is 0. The SMILES string of the molecule is CCCCC/C=C\C/C=C\CCCCCCCCCCC(O)C(=O)NC(COC1OC(CO)C(O)C(O)C1OC(=O)CC/C=C/C/C=C\CCCCCCCC)C(O)/C=C/CCCCCCCCCCCCC. The third-order valence-corrected chi connectivity index (χ3v) is 13.9. The summed E-state index contributed by atoms with van der Waals surface area (Å²) in [6.07, 6.45) is 51.3. The van der Waals surface area contributed by atoms with E-state index in [1.165, 1.54) is 148 Å². The second kappa shape index (κ2) is 50.2. The van der Waals surface area contributed by atoms with Gasteiger partial charge < -0.3 is 45.1 Å². The van der Waals surface area contributed by atoms with Crippen molar-refractivity contribution in [3.05, 3.63) is 60.8 Å². The lowest BCUT2D eigenvalue weighted by molar-refractivity contribution is -0.305. The molecule has 1 heterocycles. The summed E-state index contributed by atoms with van der Waals surface area (Å²) in [6, 6.07) is -1.04. The molecule has 1 amide bonds. The summed E-state index contributed by atoms with van der Waals surface area (Å²) in [5, 5.41) is 56.8. The standard InChI is InChI=1S/C62H111NO10/c1-4-7-10-13-16-19-22-25-26-27-28-29-32-34-37-40-43-46-49-55(66)61(70)63-53(54(65)48-45-42-39-36-33-30-23-20-17-14-11-8-5-2)52-71-62-60(59(69)58(68)56(51-64)72-62)73-57(67)50-47-44-41-38-35-31-24-21-18-15-12-9-6-3/h16,19,25-26,31,35,41,44-45,48,53-56,58-60,62,64-66,68-69H,4-15,17-18,20-24,27-30,32-34,36-40,42-43,46-47,49-52H2,1-3H3,(H,63,70)/b19-16-,26-25-,35-31-,44-41+,48-45+. The van der Waals surface area contributed by atoms with Crippen LogP contribution in [0.5, 0.6) is 0 Å². The average molecular weight is 1030 g/mol. The van der Waals surface area contributed by atoms with Crippen LogP contribution in [0.25, 0.3) is 0 Å². The van der Waals surface area contributed by atoms with Gasteiger partial charge in [0.2, 0.25) is 5.91 Å². The maximum Gasteiger partial charge on any atom is 0.306 e. The summed E-state index contributed by atoms with van der Waals surface area (Å²) in [5.74, 6) is -1.27. The number of carbonyl (C=O) groups excluding carboxylic acids is 2. The zero-order valence-corrected chi connectivity index (χ0v) is 46.7. The zero-order valence-electron chi connectivity index (χ0n) is 46.7. The lowest BCUT2D eigenvalue weighted by Crippen LogP contribution is -2.61. The van der Waals surface area contributed by atoms with E-state index < -0.39 is 67.4 Å². The van der Waals surface area contributed by atoms with Crippen LogP contribution < -0.4 is 5.32 Å². The van der Waals surface area contributed by atoms with Gasteiger partial charge in [-0.05, 0) is 77.0 Å². The van der Waals surface area contributed by atoms with Crippen LogP contribution >= 0.6 is 0 Å². The Morgan fingerprint density at radius 1 is 0.534 bits per heavy atom. The molecule has 0 radical (unpaired) electrons. The molecule has 0 bridgehead atoms. The Hall–Kier alpha value is -2.64. The number of hydrogen-bond acceptors (Lipinski definition) is 10. The number of aliphatic hydroxyl groups is 5. The topological polar surface area (TPSA) is 175 Å². The van der Waals surface area contributed by atoms with Crippen molar-refractivity contribution < 1.29 is 49.3 Å². The molecule has 1 aliphatic rings. The van der Waals surface area contributed by atoms with Gasteiger partial charge in [0.05, 0.1) is 25.4 Å². The molecular formula is C62H111NO10. The Bertz CT molecular complexity index is 1420. The fraction of sp³-hybridized carbons (Fsp3) is 0.806. The maximum atomic E-state index is 13.4. The van der Waals surface area contributed by atoms with E-state index in [1.54, 1.807) is 6.08 Å². The molecule has 0 aromatic rings. The summed E-state index contributed by atoms with van der Waals surface area (Å²) in [4.78, 5) is 26.4. The van der Waals surface area contributed by atoms with Gasteiger partial charge in [-0.25, -0.2) is 0 Å². The highest BCUT2D eigenvalue weighted by atomic mass is 16.7. The van der Waals surface area contributed by atoms with Crippen molar-refractivity contribution in [2.24, 2.45) is 0 Å². The van der Waals surface area contributed by atoms with E-state index in [4.69, 9.17) is 14.2 Å². The molecule has 1 aliphatic heterocycles. The minimum atomic E-state index is -1.64. The summed E-state index contributed by atoms with van der Waals surface area (Å²) < 4.78 is 17.5. The molecule has 73 heavy (non-hydrogen) atoms. The van der Waals surface area contributed by atoms with Crippen molar-refractivity contribution in [3.63, 3.8) is 0 Å². The van der Waals surface area contributed by atoms with Crippen molar-refractivity contribution in [1.29, 1.82) is 0 Å². The number of rotatable bonds is 50. The van der Waals surface area contributed by atoms with E-state index in [0.29, 0.717) is 12.8 Å². The molecule has 8 atom stereocenters. The lowest BCUT2D eigenvalue weighted by Gasteiger charge is -2.41. The van der Waals surface area contributed by atoms with Gasteiger partial charge in [0.25, 0.3) is 0 Å². The Labute approximate surface area is 446 Å². The summed E-state index contributed by atoms with van der Waals surface area (Å²) in [7, 11) is 0. The van der Waals surface area contributed by atoms with Crippen molar-refractivity contribution in [1.82, 2.24) is 5.32 Å². The fourth-order valence-corrected chi connectivity index (χ4v) is 9.09. The predicted molar refractivity (Wildman–Crippen MR) is 301 cm³/mol. The molecule has 8 unspecified atom stereocenters. The molecular weight excluding hydrogens is 919 g/mol. The Morgan fingerprint density at radius 3 is 1.42 bits per heavy atom. The largest absolute Gasteiger partial charge is 0.454 e. The molecule has 1 fully saturated rings. The summed E-state index contributed by atoms with van der Waals surface area (Å²) in [6.45, 7) is 5.72. The normalized spacial score (nSPS) is 19.8. The number of esters is 1. The van der Waals surface area contributed by atoms with Crippen LogP contribution in [0.15, 0.2) is 60.8 Å². The number of unbranched alkanes of at least 4 members (excludes halogenated alkanes) is 28. The number of amides is 1. The molecule has 0 aromatic heterocycles. The van der Waals surface area contributed by atoms with E-state index in [0.717, 1.165) is 64.2 Å². The first kappa shape index (κ1) is 68.4. The van der Waals surface area contributed by atoms with Gasteiger partial charge in [0.1, 0.15) is 24.4 Å². The van der Waals surface area contributed by atoms with Gasteiger partial charge in [0.15, 0.2) is 12.4 Å². The van der Waals surface area contributed by atoms with E-state index >= 15 is 0 Å². The molecule has 6 N–H and O–H groups in total. The van der Waals surface area contributed by atoms with Gasteiger partial charge in [-0.2, -0.15) is 0 Å². The van der Waals surface area contributed by atoms with Crippen LogP contribution in [0.2, 0.25) is 0 Å². The monoisotopic (exact) mass is 1030 g/mol. The van der Waals surface area contributed by atoms with Crippen LogP contribution in [0, 0.1) is 0 Å². The molecule has 424 valence electrons. The minimum Gasteiger partial charge on any atom is -0.454 e. The van der Waals surface area contributed by atoms with Crippen LogP contribution in [0.1, 0.15) is 258 Å². The number of hydrogen-bond donors (Lipinski definition) is 6. The minimum absolute atomic E-state index is 0.0164. The number of ether oxygens (including phenoxy) is 3. The maximum absolute atomic E-state index is 13.4. The Morgan fingerprint density at radius 2 is 0.945 bits per heavy atom. The highest BCUT2D eigenvalue weighted by molar-refractivity contribution is 5.80. The highest BCUT2D eigenvalue weighted by Gasteiger charge is 2.47. The quantitative estimate of drug-likeness (QED) is 0.0195. The van der Waals surface area contributed by atoms with E-state index in [1.807, 2.05) is 18.2 Å². The lowest BCUT2D eigenvalue weighted by atomic mass is 9.99. The van der Waals surface area contributed by atoms with Gasteiger partial charge in [-0.1, -0.05) is 236 Å². The van der Waals surface area contributed by atoms with Crippen molar-refractivity contribution >= 4 is 11.9 Å².